The normalized spacial score (nSPS) is 10.7. The number of fused-ring (bicyclic) bond motifs is 1. The third-order valence-electron chi connectivity index (χ3n) is 1.62. The van der Waals surface area contributed by atoms with Crippen LogP contribution in [-0.4, -0.2) is 4.37 Å². The van der Waals surface area contributed by atoms with Gasteiger partial charge in [0.15, 0.2) is 0 Å². The molecule has 0 aliphatic heterocycles. The van der Waals surface area contributed by atoms with Crippen molar-refractivity contribution in [1.82, 2.24) is 4.37 Å². The Balaban J connectivity index is 2.87. The molecule has 0 bridgehead atoms. The first-order chi connectivity index (χ1) is 5.27. The number of hydrogen-bond acceptors (Lipinski definition) is 2. The van der Waals surface area contributed by atoms with Gasteiger partial charge in [0, 0.05) is 15.3 Å². The number of rotatable bonds is 0. The maximum atomic E-state index is 5.82. The number of benzene rings is 1. The fourth-order valence-corrected chi connectivity index (χ4v) is 1.87. The van der Waals surface area contributed by atoms with Gasteiger partial charge in [0.2, 0.25) is 0 Å². The van der Waals surface area contributed by atoms with E-state index in [2.05, 4.69) is 11.3 Å². The summed E-state index contributed by atoms with van der Waals surface area (Å²) in [7, 11) is 0. The predicted molar refractivity (Wildman–Crippen MR) is 49.4 cm³/mol. The molecule has 1 heterocycles. The Labute approximate surface area is 73.8 Å². The summed E-state index contributed by atoms with van der Waals surface area (Å²) in [6.07, 6.45) is 0. The molecule has 1 aromatic heterocycles. The van der Waals surface area contributed by atoms with Crippen molar-refractivity contribution in [3.63, 3.8) is 0 Å². The SMILES string of the molecule is Cc1snc2ccc(Cl)cc12. The van der Waals surface area contributed by atoms with Gasteiger partial charge < -0.3 is 0 Å². The van der Waals surface area contributed by atoms with Crippen LogP contribution in [0.4, 0.5) is 0 Å². The molecule has 0 fully saturated rings. The molecular formula is C8H6ClNS. The molecule has 2 aromatic rings. The minimum Gasteiger partial charge on any atom is -0.192 e. The van der Waals surface area contributed by atoms with Crippen LogP contribution in [0.3, 0.4) is 0 Å². The average Bonchev–Trinajstić information content (AvgIpc) is 2.33. The summed E-state index contributed by atoms with van der Waals surface area (Å²) in [5, 5.41) is 1.95. The first-order valence-corrected chi connectivity index (χ1v) is 4.44. The van der Waals surface area contributed by atoms with E-state index in [1.165, 1.54) is 21.8 Å². The number of aryl methyl sites for hydroxylation is 1. The van der Waals surface area contributed by atoms with Gasteiger partial charge in [-0.2, -0.15) is 4.37 Å². The Morgan fingerprint density at radius 2 is 2.27 bits per heavy atom. The number of hydrogen-bond donors (Lipinski definition) is 0. The second kappa shape index (κ2) is 2.47. The van der Waals surface area contributed by atoms with E-state index in [1.807, 2.05) is 18.2 Å². The van der Waals surface area contributed by atoms with Gasteiger partial charge in [0.25, 0.3) is 0 Å². The molecule has 1 nitrogen and oxygen atoms in total. The van der Waals surface area contributed by atoms with E-state index in [0.717, 1.165) is 10.5 Å². The molecule has 0 amide bonds. The second-order valence-corrected chi connectivity index (χ2v) is 3.81. The zero-order chi connectivity index (χ0) is 7.84. The van der Waals surface area contributed by atoms with Crippen LogP contribution in [0.15, 0.2) is 18.2 Å². The van der Waals surface area contributed by atoms with Crippen molar-refractivity contribution in [2.75, 3.05) is 0 Å². The van der Waals surface area contributed by atoms with E-state index in [-0.39, 0.29) is 0 Å². The highest BCUT2D eigenvalue weighted by Crippen LogP contribution is 2.24. The van der Waals surface area contributed by atoms with Crippen molar-refractivity contribution >= 4 is 34.0 Å². The van der Waals surface area contributed by atoms with E-state index in [1.54, 1.807) is 0 Å². The van der Waals surface area contributed by atoms with Crippen LogP contribution < -0.4 is 0 Å². The summed E-state index contributed by atoms with van der Waals surface area (Å²) < 4.78 is 4.24. The van der Waals surface area contributed by atoms with Crippen LogP contribution in [0.5, 0.6) is 0 Å². The molecule has 0 saturated carbocycles. The molecule has 0 unspecified atom stereocenters. The molecule has 0 N–H and O–H groups in total. The Kier molecular flexibility index (Phi) is 1.59. The predicted octanol–water partition coefficient (Wildman–Crippen LogP) is 3.26. The highest BCUT2D eigenvalue weighted by Gasteiger charge is 2.00. The van der Waals surface area contributed by atoms with Crippen LogP contribution in [-0.2, 0) is 0 Å². The van der Waals surface area contributed by atoms with Gasteiger partial charge in [-0.05, 0) is 36.7 Å². The standard InChI is InChI=1S/C8H6ClNS/c1-5-7-4-6(9)2-3-8(7)10-11-5/h2-4H,1H3. The van der Waals surface area contributed by atoms with E-state index < -0.39 is 0 Å². The lowest BCUT2D eigenvalue weighted by atomic mass is 10.2. The minimum atomic E-state index is 0.779. The third-order valence-corrected chi connectivity index (χ3v) is 2.64. The lowest BCUT2D eigenvalue weighted by Gasteiger charge is -1.89. The fraction of sp³-hybridized carbons (Fsp3) is 0.125. The first kappa shape index (κ1) is 7.07. The van der Waals surface area contributed by atoms with Gasteiger partial charge in [-0.1, -0.05) is 11.6 Å². The molecule has 3 heteroatoms. The van der Waals surface area contributed by atoms with Gasteiger partial charge in [-0.25, -0.2) is 0 Å². The van der Waals surface area contributed by atoms with E-state index in [9.17, 15) is 0 Å². The van der Waals surface area contributed by atoms with Gasteiger partial charge in [-0.3, -0.25) is 0 Å². The molecule has 1 aromatic carbocycles. The molecular weight excluding hydrogens is 178 g/mol. The summed E-state index contributed by atoms with van der Waals surface area (Å²) in [4.78, 5) is 1.22. The average molecular weight is 184 g/mol. The van der Waals surface area contributed by atoms with Crippen molar-refractivity contribution in [3.8, 4) is 0 Å². The number of nitrogens with zero attached hydrogens (tertiary/aromatic N) is 1. The highest BCUT2D eigenvalue weighted by atomic mass is 35.5. The summed E-state index contributed by atoms with van der Waals surface area (Å²) in [6, 6.07) is 5.76. The molecule has 0 aliphatic rings. The molecule has 56 valence electrons. The molecule has 0 spiro atoms. The maximum absolute atomic E-state index is 5.82. The second-order valence-electron chi connectivity index (χ2n) is 2.40. The van der Waals surface area contributed by atoms with Crippen LogP contribution in [0, 0.1) is 6.92 Å². The highest BCUT2D eigenvalue weighted by molar-refractivity contribution is 7.07. The minimum absolute atomic E-state index is 0.779. The van der Waals surface area contributed by atoms with Crippen molar-refractivity contribution in [1.29, 1.82) is 0 Å². The monoisotopic (exact) mass is 183 g/mol. The fourth-order valence-electron chi connectivity index (χ4n) is 1.04. The van der Waals surface area contributed by atoms with E-state index >= 15 is 0 Å². The van der Waals surface area contributed by atoms with Crippen LogP contribution in [0.1, 0.15) is 4.88 Å². The molecule has 0 atom stereocenters. The topological polar surface area (TPSA) is 12.9 Å². The summed E-state index contributed by atoms with van der Waals surface area (Å²) in [5.41, 5.74) is 1.04. The van der Waals surface area contributed by atoms with Crippen molar-refractivity contribution in [3.05, 3.63) is 28.1 Å². The Morgan fingerprint density at radius 3 is 3.09 bits per heavy atom. The van der Waals surface area contributed by atoms with Gasteiger partial charge in [0.1, 0.15) is 0 Å². The third kappa shape index (κ3) is 1.12. The van der Waals surface area contributed by atoms with Gasteiger partial charge >= 0.3 is 0 Å². The molecule has 0 aliphatic carbocycles. The lowest BCUT2D eigenvalue weighted by Crippen LogP contribution is -1.68. The van der Waals surface area contributed by atoms with Crippen LogP contribution >= 0.6 is 23.1 Å². The summed E-state index contributed by atoms with van der Waals surface area (Å²) in [5.74, 6) is 0. The molecule has 11 heavy (non-hydrogen) atoms. The van der Waals surface area contributed by atoms with Crippen molar-refractivity contribution in [2.45, 2.75) is 6.92 Å². The van der Waals surface area contributed by atoms with Crippen LogP contribution in [0.2, 0.25) is 5.02 Å². The maximum Gasteiger partial charge on any atom is 0.0844 e. The summed E-state index contributed by atoms with van der Waals surface area (Å²) >= 11 is 7.34. The van der Waals surface area contributed by atoms with Crippen molar-refractivity contribution in [2.24, 2.45) is 0 Å². The van der Waals surface area contributed by atoms with Crippen LogP contribution in [0.25, 0.3) is 10.9 Å². The Morgan fingerprint density at radius 1 is 1.45 bits per heavy atom. The van der Waals surface area contributed by atoms with E-state index in [0.29, 0.717) is 0 Å². The zero-order valence-corrected chi connectivity index (χ0v) is 7.54. The first-order valence-electron chi connectivity index (χ1n) is 3.29. The Hall–Kier alpha value is -0.600. The smallest absolute Gasteiger partial charge is 0.0844 e. The molecule has 0 saturated heterocycles. The van der Waals surface area contributed by atoms with Crippen molar-refractivity contribution < 1.29 is 0 Å². The lowest BCUT2D eigenvalue weighted by molar-refractivity contribution is 1.65. The molecule has 0 radical (unpaired) electrons. The zero-order valence-electron chi connectivity index (χ0n) is 5.97. The number of aromatic nitrogens is 1. The largest absolute Gasteiger partial charge is 0.192 e. The number of halogens is 1. The molecule has 2 rings (SSSR count). The van der Waals surface area contributed by atoms with Gasteiger partial charge in [-0.15, -0.1) is 0 Å². The quantitative estimate of drug-likeness (QED) is 0.611. The summed E-state index contributed by atoms with van der Waals surface area (Å²) in [6.45, 7) is 2.05. The van der Waals surface area contributed by atoms with Gasteiger partial charge in [0.05, 0.1) is 5.52 Å². The van der Waals surface area contributed by atoms with E-state index in [4.69, 9.17) is 11.6 Å². The Bertz CT molecular complexity index is 394.